The number of nitrogens with one attached hydrogen (secondary N) is 1. The molecule has 0 saturated carbocycles. The fourth-order valence-electron chi connectivity index (χ4n) is 1.44. The lowest BCUT2D eigenvalue weighted by atomic mass is 9.92. The molecular weight excluding hydrogens is 292 g/mol. The average Bonchev–Trinajstić information content (AvgIpc) is 2.96. The minimum absolute atomic E-state index is 0.128. The molecule has 0 aliphatic rings. The molecule has 114 valence electrons. The minimum Gasteiger partial charge on any atom is -0.368 e. The fraction of sp³-hybridized carbons (Fsp3) is 0.500. The molecule has 0 fully saturated rings. The molecule has 0 bridgehead atoms. The summed E-state index contributed by atoms with van der Waals surface area (Å²) in [6.07, 6.45) is 0. The third-order valence-corrected chi connectivity index (χ3v) is 3.76. The number of thioether (sulfide) groups is 1. The van der Waals surface area contributed by atoms with Crippen molar-refractivity contribution < 1.29 is 9.32 Å². The summed E-state index contributed by atoms with van der Waals surface area (Å²) in [6.45, 7) is 6.06. The van der Waals surface area contributed by atoms with Crippen molar-refractivity contribution in [3.8, 4) is 0 Å². The monoisotopic (exact) mass is 310 g/mol. The van der Waals surface area contributed by atoms with Gasteiger partial charge in [0.05, 0.1) is 11.4 Å². The average molecular weight is 310 g/mol. The number of aromatic nitrogens is 4. The quantitative estimate of drug-likeness (QED) is 0.821. The molecule has 3 N–H and O–H groups in total. The van der Waals surface area contributed by atoms with E-state index in [-0.39, 0.29) is 17.1 Å². The van der Waals surface area contributed by atoms with E-state index >= 15 is 0 Å². The van der Waals surface area contributed by atoms with Gasteiger partial charge in [-0.15, -0.1) is 10.2 Å². The van der Waals surface area contributed by atoms with Crippen LogP contribution in [0.2, 0.25) is 0 Å². The highest BCUT2D eigenvalue weighted by Gasteiger charge is 2.19. The van der Waals surface area contributed by atoms with Crippen molar-refractivity contribution in [3.05, 3.63) is 11.8 Å². The first-order chi connectivity index (χ1) is 9.77. The molecule has 0 aromatic carbocycles. The molecule has 21 heavy (non-hydrogen) atoms. The third-order valence-electron chi connectivity index (χ3n) is 2.74. The van der Waals surface area contributed by atoms with Gasteiger partial charge in [0.15, 0.2) is 5.16 Å². The van der Waals surface area contributed by atoms with E-state index in [1.807, 2.05) is 20.8 Å². The highest BCUT2D eigenvalue weighted by atomic mass is 32.2. The molecule has 0 spiro atoms. The molecule has 1 amide bonds. The van der Waals surface area contributed by atoms with Gasteiger partial charge in [-0.25, -0.2) is 0 Å². The van der Waals surface area contributed by atoms with Crippen LogP contribution in [0.4, 0.5) is 11.8 Å². The Morgan fingerprint density at radius 1 is 1.48 bits per heavy atom. The number of hydrogen-bond acceptors (Lipinski definition) is 7. The van der Waals surface area contributed by atoms with Crippen LogP contribution >= 0.6 is 11.8 Å². The SMILES string of the molecule is Cn1c(N)nnc1SCC(=O)Nc1cc(C(C)(C)C)no1. The maximum atomic E-state index is 11.9. The van der Waals surface area contributed by atoms with Crippen LogP contribution in [0.15, 0.2) is 15.7 Å². The van der Waals surface area contributed by atoms with Crippen LogP contribution < -0.4 is 11.1 Å². The van der Waals surface area contributed by atoms with E-state index in [2.05, 4.69) is 20.7 Å². The highest BCUT2D eigenvalue weighted by molar-refractivity contribution is 7.99. The lowest BCUT2D eigenvalue weighted by Gasteiger charge is -2.12. The van der Waals surface area contributed by atoms with Crippen LogP contribution in [0.5, 0.6) is 0 Å². The lowest BCUT2D eigenvalue weighted by Crippen LogP contribution is -2.14. The van der Waals surface area contributed by atoms with Gasteiger partial charge in [-0.2, -0.15) is 0 Å². The summed E-state index contributed by atoms with van der Waals surface area (Å²) in [6, 6.07) is 1.73. The predicted octanol–water partition coefficient (Wildman–Crippen LogP) is 1.41. The van der Waals surface area contributed by atoms with Gasteiger partial charge in [0.25, 0.3) is 0 Å². The lowest BCUT2D eigenvalue weighted by molar-refractivity contribution is -0.113. The molecular formula is C12H18N6O2S. The first kappa shape index (κ1) is 15.4. The van der Waals surface area contributed by atoms with Crippen molar-refractivity contribution in [1.82, 2.24) is 19.9 Å². The Morgan fingerprint density at radius 2 is 2.19 bits per heavy atom. The standard InChI is InChI=1S/C12H18N6O2S/c1-12(2,3)7-5-9(20-17-7)14-8(19)6-21-11-16-15-10(13)18(11)4/h5H,6H2,1-4H3,(H2,13,15)(H,14,19). The summed E-state index contributed by atoms with van der Waals surface area (Å²) in [5.41, 5.74) is 6.22. The number of carbonyl (C=O) groups excluding carboxylic acids is 1. The van der Waals surface area contributed by atoms with Gasteiger partial charge in [-0.3, -0.25) is 14.7 Å². The smallest absolute Gasteiger partial charge is 0.237 e. The van der Waals surface area contributed by atoms with Crippen LogP contribution in [0.1, 0.15) is 26.5 Å². The Morgan fingerprint density at radius 3 is 2.71 bits per heavy atom. The zero-order valence-electron chi connectivity index (χ0n) is 12.4. The van der Waals surface area contributed by atoms with Crippen LogP contribution in [0.3, 0.4) is 0 Å². The summed E-state index contributed by atoms with van der Waals surface area (Å²) < 4.78 is 6.71. The van der Waals surface area contributed by atoms with Crippen molar-refractivity contribution in [2.45, 2.75) is 31.3 Å². The summed E-state index contributed by atoms with van der Waals surface area (Å²) in [4.78, 5) is 11.9. The molecule has 0 unspecified atom stereocenters. The molecule has 0 saturated heterocycles. The molecule has 0 atom stereocenters. The van der Waals surface area contributed by atoms with Gasteiger partial charge in [0.1, 0.15) is 0 Å². The Hall–Kier alpha value is -2.03. The van der Waals surface area contributed by atoms with Crippen molar-refractivity contribution in [3.63, 3.8) is 0 Å². The number of carbonyl (C=O) groups is 1. The molecule has 2 aromatic heterocycles. The first-order valence-electron chi connectivity index (χ1n) is 6.32. The summed E-state index contributed by atoms with van der Waals surface area (Å²) in [5.74, 6) is 0.612. The third kappa shape index (κ3) is 3.75. The maximum absolute atomic E-state index is 11.9. The molecule has 0 radical (unpaired) electrons. The number of nitrogens with two attached hydrogens (primary N) is 1. The highest BCUT2D eigenvalue weighted by Crippen LogP contribution is 2.24. The molecule has 2 heterocycles. The van der Waals surface area contributed by atoms with Gasteiger partial charge in [-0.1, -0.05) is 37.7 Å². The van der Waals surface area contributed by atoms with Gasteiger partial charge < -0.3 is 10.3 Å². The van der Waals surface area contributed by atoms with Crippen molar-refractivity contribution in [1.29, 1.82) is 0 Å². The van der Waals surface area contributed by atoms with E-state index < -0.39 is 0 Å². The molecule has 2 rings (SSSR count). The number of anilines is 2. The number of rotatable bonds is 4. The first-order valence-corrected chi connectivity index (χ1v) is 7.30. The normalized spacial score (nSPS) is 11.6. The summed E-state index contributed by atoms with van der Waals surface area (Å²) in [5, 5.41) is 14.8. The van der Waals surface area contributed by atoms with E-state index in [1.165, 1.54) is 11.8 Å². The van der Waals surface area contributed by atoms with E-state index in [9.17, 15) is 4.79 Å². The summed E-state index contributed by atoms with van der Waals surface area (Å²) in [7, 11) is 1.74. The van der Waals surface area contributed by atoms with Crippen LogP contribution in [-0.4, -0.2) is 31.6 Å². The Kier molecular flexibility index (Phi) is 4.21. The van der Waals surface area contributed by atoms with Crippen molar-refractivity contribution in [2.24, 2.45) is 7.05 Å². The predicted molar refractivity (Wildman–Crippen MR) is 80.0 cm³/mol. The topological polar surface area (TPSA) is 112 Å². The van der Waals surface area contributed by atoms with Gasteiger partial charge in [0, 0.05) is 18.5 Å². The van der Waals surface area contributed by atoms with E-state index in [0.29, 0.717) is 17.0 Å². The minimum atomic E-state index is -0.210. The Bertz CT molecular complexity index is 642. The number of nitrogens with zero attached hydrogens (tertiary/aromatic N) is 4. The Labute approximate surface area is 126 Å². The van der Waals surface area contributed by atoms with Gasteiger partial charge in [-0.05, 0) is 0 Å². The van der Waals surface area contributed by atoms with Gasteiger partial charge >= 0.3 is 0 Å². The van der Waals surface area contributed by atoms with Crippen LogP contribution in [-0.2, 0) is 17.3 Å². The zero-order valence-corrected chi connectivity index (χ0v) is 13.2. The number of hydrogen-bond donors (Lipinski definition) is 2. The molecule has 2 aromatic rings. The number of amides is 1. The second-order valence-electron chi connectivity index (χ2n) is 5.56. The van der Waals surface area contributed by atoms with E-state index in [1.54, 1.807) is 17.7 Å². The molecule has 8 nitrogen and oxygen atoms in total. The molecule has 0 aliphatic heterocycles. The molecule has 0 aliphatic carbocycles. The Balaban J connectivity index is 1.90. The maximum Gasteiger partial charge on any atom is 0.237 e. The van der Waals surface area contributed by atoms with E-state index in [0.717, 1.165) is 5.69 Å². The van der Waals surface area contributed by atoms with Crippen LogP contribution in [0, 0.1) is 0 Å². The molecule has 9 heteroatoms. The number of nitrogen functional groups attached to an aromatic ring is 1. The van der Waals surface area contributed by atoms with Crippen molar-refractivity contribution in [2.75, 3.05) is 16.8 Å². The summed E-state index contributed by atoms with van der Waals surface area (Å²) >= 11 is 1.24. The van der Waals surface area contributed by atoms with Crippen LogP contribution in [0.25, 0.3) is 0 Å². The fourth-order valence-corrected chi connectivity index (χ4v) is 2.16. The second-order valence-corrected chi connectivity index (χ2v) is 6.51. The van der Waals surface area contributed by atoms with Gasteiger partial charge in [0.2, 0.25) is 17.7 Å². The van der Waals surface area contributed by atoms with E-state index in [4.69, 9.17) is 10.3 Å². The largest absolute Gasteiger partial charge is 0.368 e. The second kappa shape index (κ2) is 5.76. The zero-order chi connectivity index (χ0) is 15.6. The van der Waals surface area contributed by atoms with Crippen molar-refractivity contribution >= 4 is 29.5 Å².